The van der Waals surface area contributed by atoms with Crippen LogP contribution in [0.15, 0.2) is 34.9 Å². The number of hydrogen-bond donors (Lipinski definition) is 2. The molecule has 1 atom stereocenters. The second-order valence-corrected chi connectivity index (χ2v) is 6.14. The Kier molecular flexibility index (Phi) is 3.27. The smallest absolute Gasteiger partial charge is 0.211 e. The first-order chi connectivity index (χ1) is 12.6. The first-order valence-electron chi connectivity index (χ1n) is 8.45. The Morgan fingerprint density at radius 2 is 2.21 bits per heavy atom. The summed E-state index contributed by atoms with van der Waals surface area (Å²) in [6.45, 7) is 2.88. The second-order valence-electron chi connectivity index (χ2n) is 5.29. The molecule has 0 aliphatic carbocycles. The van der Waals surface area contributed by atoms with Crippen molar-refractivity contribution in [2.24, 2.45) is 0 Å². The third kappa shape index (κ3) is 2.70. The molecule has 3 aromatic rings. The Bertz CT molecular complexity index is 1090. The fourth-order valence-corrected chi connectivity index (χ4v) is 2.73. The van der Waals surface area contributed by atoms with E-state index in [-0.39, 0.29) is 22.6 Å². The predicted octanol–water partition coefficient (Wildman–Crippen LogP) is 3.53. The quantitative estimate of drug-likeness (QED) is 0.665. The number of benzene rings is 1. The summed E-state index contributed by atoms with van der Waals surface area (Å²) in [5, 5.41) is 19.9. The number of carbonyl (C=O) groups excluding carboxylic acids is 1. The Hall–Kier alpha value is -2.25. The number of halogens is 2. The molecule has 2 N–H and O–H groups in total. The largest absolute Gasteiger partial charge is 0.508 e. The van der Waals surface area contributed by atoms with Crippen molar-refractivity contribution in [3.63, 3.8) is 0 Å². The van der Waals surface area contributed by atoms with Crippen LogP contribution in [-0.2, 0) is 0 Å². The van der Waals surface area contributed by atoms with Crippen LogP contribution in [0.3, 0.4) is 0 Å². The van der Waals surface area contributed by atoms with E-state index < -0.39 is 41.7 Å². The van der Waals surface area contributed by atoms with Crippen molar-refractivity contribution in [3.05, 3.63) is 63.2 Å². The zero-order valence-electron chi connectivity index (χ0n) is 15.7. The lowest BCUT2D eigenvalue weighted by Gasteiger charge is -2.08. The van der Waals surface area contributed by atoms with Gasteiger partial charge in [0, 0.05) is 22.3 Å². The molecule has 0 fully saturated rings. The van der Waals surface area contributed by atoms with Gasteiger partial charge in [-0.1, -0.05) is 15.9 Å². The molecule has 0 amide bonds. The molecule has 3 rings (SSSR count). The average Bonchev–Trinajstić information content (AvgIpc) is 3.02. The molecule has 2 aromatic heterocycles. The van der Waals surface area contributed by atoms with Gasteiger partial charge in [-0.2, -0.15) is 0 Å². The van der Waals surface area contributed by atoms with Gasteiger partial charge in [0.1, 0.15) is 22.9 Å². The number of ketones is 1. The average molecular weight is 396 g/mol. The highest BCUT2D eigenvalue weighted by molar-refractivity contribution is 9.10. The first kappa shape index (κ1) is 13.1. The minimum Gasteiger partial charge on any atom is -0.508 e. The second kappa shape index (κ2) is 5.99. The normalized spacial score (nSPS) is 14.3. The molecule has 124 valence electrons. The van der Waals surface area contributed by atoms with Gasteiger partial charge in [-0.15, -0.1) is 0 Å². The lowest BCUT2D eigenvalue weighted by Crippen LogP contribution is -2.10. The van der Waals surface area contributed by atoms with Crippen molar-refractivity contribution >= 4 is 27.4 Å². The van der Waals surface area contributed by atoms with E-state index in [4.69, 9.17) is 4.11 Å². The Labute approximate surface area is 149 Å². The summed E-state index contributed by atoms with van der Waals surface area (Å²) in [4.78, 5) is 17.1. The number of pyridine rings is 1. The van der Waals surface area contributed by atoms with Crippen LogP contribution < -0.4 is 0 Å². The molecule has 0 aliphatic rings. The summed E-state index contributed by atoms with van der Waals surface area (Å²) in [5.74, 6) is -2.11. The number of rotatable bonds is 3. The van der Waals surface area contributed by atoms with Crippen LogP contribution in [0, 0.1) is 12.7 Å². The van der Waals surface area contributed by atoms with Crippen LogP contribution in [0.2, 0.25) is 0 Å². The van der Waals surface area contributed by atoms with E-state index in [1.165, 1.54) is 19.9 Å². The topological polar surface area (TPSA) is 74.8 Å². The number of hydrogen-bond acceptors (Lipinski definition) is 4. The third-order valence-electron chi connectivity index (χ3n) is 3.57. The van der Waals surface area contributed by atoms with Crippen molar-refractivity contribution in [1.82, 2.24) is 9.38 Å². The van der Waals surface area contributed by atoms with E-state index in [2.05, 4.69) is 20.9 Å². The molecule has 0 saturated heterocycles. The van der Waals surface area contributed by atoms with E-state index in [1.807, 2.05) is 0 Å². The number of imidazole rings is 1. The van der Waals surface area contributed by atoms with Gasteiger partial charge in [-0.05, 0) is 37.6 Å². The van der Waals surface area contributed by atoms with Crippen LogP contribution in [0.1, 0.15) is 44.4 Å². The summed E-state index contributed by atoms with van der Waals surface area (Å²) in [6.07, 6.45) is -1.81. The van der Waals surface area contributed by atoms with Gasteiger partial charge < -0.3 is 10.2 Å². The monoisotopic (exact) mass is 395 g/mol. The molecular weight excluding hydrogens is 379 g/mol. The zero-order valence-corrected chi connectivity index (χ0v) is 14.3. The highest BCUT2D eigenvalue weighted by Crippen LogP contribution is 2.27. The van der Waals surface area contributed by atoms with Gasteiger partial charge >= 0.3 is 0 Å². The number of carbonyl (C=O) groups is 1. The number of nitrogens with zero attached hydrogens (tertiary/aromatic N) is 2. The van der Waals surface area contributed by atoms with Gasteiger partial charge in [0.05, 0.1) is 15.9 Å². The first-order valence-corrected chi connectivity index (χ1v) is 7.75. The summed E-state index contributed by atoms with van der Waals surface area (Å²) in [5.41, 5.74) is -0.390. The fraction of sp³-hybridized carbons (Fsp3) is 0.176. The van der Waals surface area contributed by atoms with Crippen molar-refractivity contribution in [1.29, 1.82) is 0 Å². The molecule has 1 unspecified atom stereocenters. The number of aliphatic hydroxyl groups excluding tert-OH is 1. The summed E-state index contributed by atoms with van der Waals surface area (Å²) in [7, 11) is 0. The van der Waals surface area contributed by atoms with Crippen LogP contribution in [0.25, 0.3) is 5.65 Å². The number of aliphatic hydroxyl groups is 1. The van der Waals surface area contributed by atoms with Crippen molar-refractivity contribution in [3.8, 4) is 5.75 Å². The van der Waals surface area contributed by atoms with E-state index in [0.717, 1.165) is 10.5 Å². The number of fused-ring (bicyclic) bond motifs is 1. The van der Waals surface area contributed by atoms with E-state index in [1.54, 1.807) is 0 Å². The lowest BCUT2D eigenvalue weighted by molar-refractivity contribution is 0.102. The van der Waals surface area contributed by atoms with E-state index >= 15 is 0 Å². The highest BCUT2D eigenvalue weighted by atomic mass is 79.9. The molecule has 24 heavy (non-hydrogen) atoms. The lowest BCUT2D eigenvalue weighted by atomic mass is 10.0. The van der Waals surface area contributed by atoms with Crippen molar-refractivity contribution in [2.75, 3.05) is 0 Å². The molecule has 0 saturated carbocycles. The molecule has 1 aromatic carbocycles. The zero-order chi connectivity index (χ0) is 20.2. The molecule has 0 bridgehead atoms. The molecule has 0 spiro atoms. The summed E-state index contributed by atoms with van der Waals surface area (Å²) >= 11 is 3.18. The molecule has 5 nitrogen and oxygen atoms in total. The minimum absolute atomic E-state index is 0.0563. The standard InChI is InChI=1S/C17H14BrFN2O3/c1-8-12(18)5-10(6-13(8)19)17(24)16-15(9(2)22)20-14-7-11(23)3-4-21(14)16/h3-7,9,22-23H,1-2H3/i3D,4D,7D. The number of aromatic nitrogens is 2. The van der Waals surface area contributed by atoms with Gasteiger partial charge in [-0.25, -0.2) is 9.37 Å². The Balaban J connectivity index is 2.40. The van der Waals surface area contributed by atoms with Crippen molar-refractivity contribution in [2.45, 2.75) is 20.0 Å². The van der Waals surface area contributed by atoms with E-state index in [9.17, 15) is 19.4 Å². The maximum atomic E-state index is 14.1. The molecule has 0 aliphatic heterocycles. The third-order valence-corrected chi connectivity index (χ3v) is 4.40. The van der Waals surface area contributed by atoms with E-state index in [0.29, 0.717) is 10.0 Å². The van der Waals surface area contributed by atoms with Crippen molar-refractivity contribution < 1.29 is 23.5 Å². The van der Waals surface area contributed by atoms with Gasteiger partial charge in [0.15, 0.2) is 0 Å². The Morgan fingerprint density at radius 3 is 2.83 bits per heavy atom. The molecular formula is C17H14BrFN2O3. The van der Waals surface area contributed by atoms with Crippen LogP contribution in [0.5, 0.6) is 5.75 Å². The molecule has 2 heterocycles. The molecule has 7 heteroatoms. The fourth-order valence-electron chi connectivity index (χ4n) is 2.30. The van der Waals surface area contributed by atoms with Crippen LogP contribution in [0.4, 0.5) is 4.39 Å². The maximum Gasteiger partial charge on any atom is 0.211 e. The summed E-state index contributed by atoms with van der Waals surface area (Å²) < 4.78 is 39.1. The minimum atomic E-state index is -1.24. The maximum absolute atomic E-state index is 14.1. The van der Waals surface area contributed by atoms with Gasteiger partial charge in [-0.3, -0.25) is 9.20 Å². The Morgan fingerprint density at radius 1 is 1.50 bits per heavy atom. The van der Waals surface area contributed by atoms with Gasteiger partial charge in [0.25, 0.3) is 0 Å². The number of aromatic hydroxyl groups is 1. The van der Waals surface area contributed by atoms with Crippen LogP contribution >= 0.6 is 15.9 Å². The van der Waals surface area contributed by atoms with Crippen LogP contribution in [-0.4, -0.2) is 25.4 Å². The highest BCUT2D eigenvalue weighted by Gasteiger charge is 2.24. The predicted molar refractivity (Wildman–Crippen MR) is 89.8 cm³/mol. The van der Waals surface area contributed by atoms with Gasteiger partial charge in [0.2, 0.25) is 5.78 Å². The SMILES string of the molecule is [2H]c1c(O)c([2H])c2nc(C(C)O)c(C(=O)c3cc(F)c(C)c(Br)c3)n2c1[2H]. The summed E-state index contributed by atoms with van der Waals surface area (Å²) in [6, 6.07) is 1.22. The molecule has 0 radical (unpaired) electrons.